The van der Waals surface area contributed by atoms with Gasteiger partial charge < -0.3 is 10.5 Å². The van der Waals surface area contributed by atoms with Crippen molar-refractivity contribution >= 4 is 15.9 Å². The quantitative estimate of drug-likeness (QED) is 0.615. The number of benzene rings is 1. The molecule has 1 aliphatic rings. The SMILES string of the molecule is C=CCC(N)(C=C)C(=O)NS(=O)(=O)C1(COCc2ccccc2)CC1. The van der Waals surface area contributed by atoms with E-state index in [0.29, 0.717) is 19.4 Å². The first kappa shape index (κ1) is 19.4. The number of carbonyl (C=O) groups excluding carboxylic acids is 1. The summed E-state index contributed by atoms with van der Waals surface area (Å²) in [5, 5.41) is 0. The summed E-state index contributed by atoms with van der Waals surface area (Å²) in [4.78, 5) is 12.3. The first-order valence-corrected chi connectivity index (χ1v) is 9.49. The minimum atomic E-state index is -3.90. The van der Waals surface area contributed by atoms with E-state index < -0.39 is 26.2 Å². The normalized spacial score (nSPS) is 18.0. The first-order chi connectivity index (χ1) is 11.8. The summed E-state index contributed by atoms with van der Waals surface area (Å²) in [6.07, 6.45) is 3.65. The van der Waals surface area contributed by atoms with E-state index in [1.807, 2.05) is 30.3 Å². The Morgan fingerprint density at radius 2 is 1.96 bits per heavy atom. The first-order valence-electron chi connectivity index (χ1n) is 8.00. The molecular formula is C18H24N2O4S. The van der Waals surface area contributed by atoms with E-state index >= 15 is 0 Å². The predicted molar refractivity (Wildman–Crippen MR) is 97.1 cm³/mol. The third-order valence-corrected chi connectivity index (χ3v) is 6.47. The topological polar surface area (TPSA) is 98.5 Å². The lowest BCUT2D eigenvalue weighted by Gasteiger charge is -2.25. The van der Waals surface area contributed by atoms with E-state index in [0.717, 1.165) is 5.56 Å². The predicted octanol–water partition coefficient (Wildman–Crippen LogP) is 1.64. The highest BCUT2D eigenvalue weighted by Gasteiger charge is 2.56. The molecule has 0 spiro atoms. The largest absolute Gasteiger partial charge is 0.375 e. The van der Waals surface area contributed by atoms with Gasteiger partial charge in [-0.25, -0.2) is 8.42 Å². The average Bonchev–Trinajstić information content (AvgIpc) is 3.37. The molecule has 1 unspecified atom stereocenters. The van der Waals surface area contributed by atoms with E-state index in [2.05, 4.69) is 17.9 Å². The smallest absolute Gasteiger partial charge is 0.257 e. The molecule has 7 heteroatoms. The van der Waals surface area contributed by atoms with Gasteiger partial charge >= 0.3 is 0 Å². The van der Waals surface area contributed by atoms with E-state index in [9.17, 15) is 13.2 Å². The summed E-state index contributed by atoms with van der Waals surface area (Å²) in [7, 11) is -3.90. The van der Waals surface area contributed by atoms with Crippen LogP contribution in [0.2, 0.25) is 0 Å². The molecule has 1 atom stereocenters. The van der Waals surface area contributed by atoms with Crippen molar-refractivity contribution in [3.8, 4) is 0 Å². The molecule has 1 aliphatic carbocycles. The highest BCUT2D eigenvalue weighted by molar-refractivity contribution is 7.91. The van der Waals surface area contributed by atoms with Gasteiger partial charge in [-0.15, -0.1) is 13.2 Å². The Hall–Kier alpha value is -1.96. The fourth-order valence-corrected chi connectivity index (χ4v) is 3.92. The standard InChI is InChI=1S/C18H24N2O4S/c1-3-10-18(19,4-2)16(21)20-25(22,23)17(11-12-17)14-24-13-15-8-6-5-7-9-15/h3-9H,1-2,10-14,19H2,(H,20,21). The molecule has 25 heavy (non-hydrogen) atoms. The van der Waals surface area contributed by atoms with Crippen molar-refractivity contribution in [2.75, 3.05) is 6.61 Å². The second-order valence-corrected chi connectivity index (χ2v) is 8.41. The second-order valence-electron chi connectivity index (χ2n) is 6.33. The van der Waals surface area contributed by atoms with Crippen molar-refractivity contribution in [3.63, 3.8) is 0 Å². The van der Waals surface area contributed by atoms with Crippen molar-refractivity contribution in [1.82, 2.24) is 4.72 Å². The van der Waals surface area contributed by atoms with Crippen LogP contribution in [0.4, 0.5) is 0 Å². The maximum atomic E-state index is 12.6. The Bertz CT molecular complexity index is 742. The maximum absolute atomic E-state index is 12.6. The highest BCUT2D eigenvalue weighted by atomic mass is 32.2. The highest BCUT2D eigenvalue weighted by Crippen LogP contribution is 2.43. The minimum Gasteiger partial charge on any atom is -0.375 e. The van der Waals surface area contributed by atoms with Crippen LogP contribution in [-0.2, 0) is 26.2 Å². The van der Waals surface area contributed by atoms with E-state index in [1.54, 1.807) is 0 Å². The molecule has 6 nitrogen and oxygen atoms in total. The second kappa shape index (κ2) is 7.51. The van der Waals surface area contributed by atoms with E-state index in [-0.39, 0.29) is 13.0 Å². The fraction of sp³-hybridized carbons (Fsp3) is 0.389. The molecule has 0 saturated heterocycles. The molecule has 0 bridgehead atoms. The molecule has 0 radical (unpaired) electrons. The van der Waals surface area contributed by atoms with Crippen LogP contribution in [0.3, 0.4) is 0 Å². The third-order valence-electron chi connectivity index (χ3n) is 4.35. The third kappa shape index (κ3) is 4.36. The zero-order valence-corrected chi connectivity index (χ0v) is 14.9. The Morgan fingerprint density at radius 1 is 1.32 bits per heavy atom. The summed E-state index contributed by atoms with van der Waals surface area (Å²) >= 11 is 0. The number of nitrogens with one attached hydrogen (secondary N) is 1. The summed E-state index contributed by atoms with van der Waals surface area (Å²) < 4.78 is 31.8. The van der Waals surface area contributed by atoms with E-state index in [4.69, 9.17) is 10.5 Å². The summed E-state index contributed by atoms with van der Waals surface area (Å²) in [5.74, 6) is -0.809. The van der Waals surface area contributed by atoms with Crippen LogP contribution in [-0.4, -0.2) is 31.2 Å². The van der Waals surface area contributed by atoms with Gasteiger partial charge in [0, 0.05) is 0 Å². The van der Waals surface area contributed by atoms with Crippen molar-refractivity contribution in [2.24, 2.45) is 5.73 Å². The molecule has 136 valence electrons. The number of sulfonamides is 1. The molecule has 2 rings (SSSR count). The molecule has 0 heterocycles. The van der Waals surface area contributed by atoms with Crippen LogP contribution in [0.5, 0.6) is 0 Å². The van der Waals surface area contributed by atoms with Crippen LogP contribution in [0.15, 0.2) is 55.6 Å². The van der Waals surface area contributed by atoms with Gasteiger partial charge in [0.25, 0.3) is 5.91 Å². The molecule has 3 N–H and O–H groups in total. The van der Waals surface area contributed by atoms with Crippen LogP contribution in [0.1, 0.15) is 24.8 Å². The van der Waals surface area contributed by atoms with Crippen LogP contribution < -0.4 is 10.5 Å². The molecular weight excluding hydrogens is 340 g/mol. The van der Waals surface area contributed by atoms with Gasteiger partial charge in [-0.3, -0.25) is 9.52 Å². The Balaban J connectivity index is 1.99. The molecule has 1 amide bonds. The van der Waals surface area contributed by atoms with Gasteiger partial charge in [-0.05, 0) is 24.8 Å². The molecule has 1 aromatic rings. The molecule has 0 aliphatic heterocycles. The number of hydrogen-bond acceptors (Lipinski definition) is 5. The van der Waals surface area contributed by atoms with Crippen molar-refractivity contribution < 1.29 is 17.9 Å². The Labute approximate surface area is 148 Å². The number of hydrogen-bond donors (Lipinski definition) is 2. The lowest BCUT2D eigenvalue weighted by Crippen LogP contribution is -2.55. The summed E-state index contributed by atoms with van der Waals surface area (Å²) in [5.41, 5.74) is 5.35. The molecule has 1 fully saturated rings. The molecule has 0 aromatic heterocycles. The fourth-order valence-electron chi connectivity index (χ4n) is 2.39. The van der Waals surface area contributed by atoms with Crippen molar-refractivity contribution in [2.45, 2.75) is 36.2 Å². The maximum Gasteiger partial charge on any atom is 0.257 e. The molecule has 1 saturated carbocycles. The summed E-state index contributed by atoms with van der Waals surface area (Å²) in [6.45, 7) is 7.38. The van der Waals surface area contributed by atoms with Crippen molar-refractivity contribution in [3.05, 3.63) is 61.2 Å². The number of ether oxygens (including phenoxy) is 1. The molecule has 1 aromatic carbocycles. The number of amides is 1. The van der Waals surface area contributed by atoms with Gasteiger partial charge in [-0.1, -0.05) is 42.5 Å². The summed E-state index contributed by atoms with van der Waals surface area (Å²) in [6, 6.07) is 9.47. The van der Waals surface area contributed by atoms with Gasteiger partial charge in [0.05, 0.1) is 13.2 Å². The number of nitrogens with two attached hydrogens (primary N) is 1. The Morgan fingerprint density at radius 3 is 2.48 bits per heavy atom. The minimum absolute atomic E-state index is 0.0254. The van der Waals surface area contributed by atoms with Gasteiger partial charge in [0.2, 0.25) is 10.0 Å². The lowest BCUT2D eigenvalue weighted by atomic mass is 9.96. The lowest BCUT2D eigenvalue weighted by molar-refractivity contribution is -0.122. The van der Waals surface area contributed by atoms with Crippen LogP contribution >= 0.6 is 0 Å². The van der Waals surface area contributed by atoms with E-state index in [1.165, 1.54) is 12.2 Å². The van der Waals surface area contributed by atoms with Gasteiger partial charge in [0.1, 0.15) is 10.3 Å². The van der Waals surface area contributed by atoms with Crippen LogP contribution in [0, 0.1) is 0 Å². The zero-order valence-electron chi connectivity index (χ0n) is 14.1. The average molecular weight is 364 g/mol. The number of rotatable bonds is 10. The van der Waals surface area contributed by atoms with Crippen LogP contribution in [0.25, 0.3) is 0 Å². The zero-order chi connectivity index (χ0) is 18.6. The monoisotopic (exact) mass is 364 g/mol. The number of carbonyl (C=O) groups is 1. The van der Waals surface area contributed by atoms with Crippen molar-refractivity contribution in [1.29, 1.82) is 0 Å². The Kier molecular flexibility index (Phi) is 5.82. The van der Waals surface area contributed by atoms with Gasteiger partial charge in [-0.2, -0.15) is 0 Å². The van der Waals surface area contributed by atoms with Gasteiger partial charge in [0.15, 0.2) is 0 Å².